The van der Waals surface area contributed by atoms with Crippen molar-refractivity contribution in [3.63, 3.8) is 0 Å². The zero-order chi connectivity index (χ0) is 14.4. The molecule has 1 aromatic carbocycles. The number of hydrogen-bond donors (Lipinski definition) is 1. The van der Waals surface area contributed by atoms with E-state index < -0.39 is 0 Å². The van der Waals surface area contributed by atoms with Crippen LogP contribution < -0.4 is 10.2 Å². The normalized spacial score (nSPS) is 18.2. The van der Waals surface area contributed by atoms with Crippen molar-refractivity contribution in [1.82, 2.24) is 5.32 Å². The second-order valence-corrected chi connectivity index (χ2v) is 5.19. The average Bonchev–Trinajstić information content (AvgIpc) is 2.47. The Morgan fingerprint density at radius 3 is 2.95 bits per heavy atom. The maximum Gasteiger partial charge on any atom is 0.228 e. The number of hydrogen-bond acceptors (Lipinski definition) is 3. The second kappa shape index (κ2) is 7.41. The number of fused-ring (bicyclic) bond motifs is 1. The van der Waals surface area contributed by atoms with E-state index >= 15 is 0 Å². The summed E-state index contributed by atoms with van der Waals surface area (Å²) in [7, 11) is 1.84. The number of nitrogens with one attached hydrogen (secondary N) is 1. The van der Waals surface area contributed by atoms with Crippen LogP contribution in [0, 0.1) is 0 Å². The molecular weight excluding hydrogens is 252 g/mol. The molecule has 0 aliphatic carbocycles. The monoisotopic (exact) mass is 276 g/mol. The van der Waals surface area contributed by atoms with Gasteiger partial charge < -0.3 is 15.0 Å². The predicted octanol–water partition coefficient (Wildman–Crippen LogP) is 2.50. The molecule has 1 aliphatic heterocycles. The van der Waals surface area contributed by atoms with Crippen LogP contribution in [0.3, 0.4) is 0 Å². The molecular formula is C16H24N2O2. The number of carbonyl (C=O) groups is 1. The maximum absolute atomic E-state index is 12.0. The van der Waals surface area contributed by atoms with Gasteiger partial charge in [0.05, 0.1) is 0 Å². The first-order valence-electron chi connectivity index (χ1n) is 7.40. The fourth-order valence-electron chi connectivity index (χ4n) is 2.52. The number of carbonyl (C=O) groups excluding carboxylic acids is 1. The molecule has 1 aromatic rings. The first-order chi connectivity index (χ1) is 9.74. The van der Waals surface area contributed by atoms with E-state index in [0.717, 1.165) is 38.3 Å². The van der Waals surface area contributed by atoms with Crippen LogP contribution in [-0.4, -0.2) is 32.7 Å². The van der Waals surface area contributed by atoms with Crippen LogP contribution in [0.2, 0.25) is 0 Å². The van der Waals surface area contributed by atoms with Crippen molar-refractivity contribution in [2.24, 2.45) is 0 Å². The van der Waals surface area contributed by atoms with Crippen LogP contribution in [0.4, 0.5) is 5.69 Å². The topological polar surface area (TPSA) is 41.6 Å². The minimum Gasteiger partial charge on any atom is -0.381 e. The molecule has 110 valence electrons. The van der Waals surface area contributed by atoms with Crippen molar-refractivity contribution in [1.29, 1.82) is 0 Å². The first kappa shape index (κ1) is 15.0. The molecule has 0 aromatic heterocycles. The van der Waals surface area contributed by atoms with Gasteiger partial charge in [-0.1, -0.05) is 25.1 Å². The van der Waals surface area contributed by atoms with Crippen LogP contribution in [0.25, 0.3) is 0 Å². The van der Waals surface area contributed by atoms with Crippen LogP contribution in [0.5, 0.6) is 0 Å². The van der Waals surface area contributed by atoms with Gasteiger partial charge in [-0.15, -0.1) is 0 Å². The average molecular weight is 276 g/mol. The smallest absolute Gasteiger partial charge is 0.228 e. The summed E-state index contributed by atoms with van der Waals surface area (Å²) in [5, 5.41) is 3.48. The lowest BCUT2D eigenvalue weighted by Crippen LogP contribution is -2.38. The van der Waals surface area contributed by atoms with Crippen LogP contribution >= 0.6 is 0 Å². The quantitative estimate of drug-likeness (QED) is 0.778. The summed E-state index contributed by atoms with van der Waals surface area (Å²) in [6, 6.07) is 8.24. The second-order valence-electron chi connectivity index (χ2n) is 5.19. The number of para-hydroxylation sites is 1. The van der Waals surface area contributed by atoms with Gasteiger partial charge in [-0.3, -0.25) is 4.79 Å². The molecule has 4 heteroatoms. The third-order valence-electron chi connectivity index (χ3n) is 3.63. The third-order valence-corrected chi connectivity index (χ3v) is 3.63. The standard InChI is InChI=1S/C16H24N2O2/c1-3-10-20-11-6-9-17-14-12-16(19)18(2)15-8-5-4-7-13(14)15/h4-5,7-8,14,17H,3,6,9-12H2,1-2H3. The molecule has 0 saturated heterocycles. The van der Waals surface area contributed by atoms with Gasteiger partial charge in [0.25, 0.3) is 0 Å². The third kappa shape index (κ3) is 3.58. The lowest BCUT2D eigenvalue weighted by atomic mass is 9.96. The van der Waals surface area contributed by atoms with Gasteiger partial charge in [-0.25, -0.2) is 0 Å². The number of amides is 1. The van der Waals surface area contributed by atoms with Crippen LogP contribution in [0.1, 0.15) is 37.8 Å². The van der Waals surface area contributed by atoms with Crippen LogP contribution in [0.15, 0.2) is 24.3 Å². The summed E-state index contributed by atoms with van der Waals surface area (Å²) in [6.45, 7) is 4.59. The Morgan fingerprint density at radius 2 is 2.15 bits per heavy atom. The first-order valence-corrected chi connectivity index (χ1v) is 7.40. The minimum atomic E-state index is 0.126. The van der Waals surface area contributed by atoms with E-state index in [0.29, 0.717) is 6.42 Å². The predicted molar refractivity (Wildman–Crippen MR) is 80.9 cm³/mol. The fourth-order valence-corrected chi connectivity index (χ4v) is 2.52. The van der Waals surface area contributed by atoms with E-state index in [1.807, 2.05) is 25.2 Å². The molecule has 1 aliphatic rings. The Labute approximate surface area is 121 Å². The zero-order valence-electron chi connectivity index (χ0n) is 12.4. The van der Waals surface area contributed by atoms with Crippen molar-refractivity contribution in [3.8, 4) is 0 Å². The zero-order valence-corrected chi connectivity index (χ0v) is 12.4. The SMILES string of the molecule is CCCOCCCNC1CC(=O)N(C)c2ccccc21. The maximum atomic E-state index is 12.0. The lowest BCUT2D eigenvalue weighted by Gasteiger charge is -2.32. The lowest BCUT2D eigenvalue weighted by molar-refractivity contribution is -0.119. The van der Waals surface area contributed by atoms with Crippen LogP contribution in [-0.2, 0) is 9.53 Å². The number of nitrogens with zero attached hydrogens (tertiary/aromatic N) is 1. The van der Waals surface area contributed by atoms with Crippen molar-refractivity contribution in [3.05, 3.63) is 29.8 Å². The summed E-state index contributed by atoms with van der Waals surface area (Å²) >= 11 is 0. The Morgan fingerprint density at radius 1 is 1.35 bits per heavy atom. The Balaban J connectivity index is 1.89. The van der Waals surface area contributed by atoms with Crippen molar-refractivity contribution >= 4 is 11.6 Å². The Bertz CT molecular complexity index is 448. The van der Waals surface area contributed by atoms with Gasteiger partial charge in [0.1, 0.15) is 0 Å². The molecule has 2 rings (SSSR count). The number of ether oxygens (including phenoxy) is 1. The van der Waals surface area contributed by atoms with Gasteiger partial charge in [0.15, 0.2) is 0 Å². The molecule has 0 fully saturated rings. The van der Waals surface area contributed by atoms with Crippen molar-refractivity contribution in [2.75, 3.05) is 31.7 Å². The summed E-state index contributed by atoms with van der Waals surface area (Å²) in [6.07, 6.45) is 2.57. The van der Waals surface area contributed by atoms with Gasteiger partial charge in [0.2, 0.25) is 5.91 Å². The van der Waals surface area contributed by atoms with Gasteiger partial charge in [-0.2, -0.15) is 0 Å². The molecule has 1 atom stereocenters. The highest BCUT2D eigenvalue weighted by Gasteiger charge is 2.28. The molecule has 1 amide bonds. The number of benzene rings is 1. The largest absolute Gasteiger partial charge is 0.381 e. The molecule has 0 bridgehead atoms. The molecule has 1 unspecified atom stereocenters. The highest BCUT2D eigenvalue weighted by atomic mass is 16.5. The van der Waals surface area contributed by atoms with Crippen molar-refractivity contribution < 1.29 is 9.53 Å². The van der Waals surface area contributed by atoms with E-state index in [9.17, 15) is 4.79 Å². The fraction of sp³-hybridized carbons (Fsp3) is 0.562. The minimum absolute atomic E-state index is 0.126. The Kier molecular flexibility index (Phi) is 5.56. The van der Waals surface area contributed by atoms with E-state index in [2.05, 4.69) is 18.3 Å². The van der Waals surface area contributed by atoms with Gasteiger partial charge >= 0.3 is 0 Å². The van der Waals surface area contributed by atoms with E-state index in [-0.39, 0.29) is 11.9 Å². The molecule has 0 spiro atoms. The number of anilines is 1. The Hall–Kier alpha value is -1.39. The highest BCUT2D eigenvalue weighted by molar-refractivity contribution is 5.96. The van der Waals surface area contributed by atoms with E-state index in [1.54, 1.807) is 4.90 Å². The molecule has 1 heterocycles. The molecule has 0 radical (unpaired) electrons. The number of rotatable bonds is 7. The molecule has 1 N–H and O–H groups in total. The van der Waals surface area contributed by atoms with Gasteiger partial charge in [0, 0.05) is 38.4 Å². The summed E-state index contributed by atoms with van der Waals surface area (Å²) in [4.78, 5) is 13.8. The van der Waals surface area contributed by atoms with Gasteiger partial charge in [-0.05, 0) is 31.0 Å². The molecule has 0 saturated carbocycles. The summed E-state index contributed by atoms with van der Waals surface area (Å²) in [5.41, 5.74) is 2.23. The van der Waals surface area contributed by atoms with E-state index in [1.165, 1.54) is 5.56 Å². The highest BCUT2D eigenvalue weighted by Crippen LogP contribution is 2.33. The summed E-state index contributed by atoms with van der Waals surface area (Å²) < 4.78 is 5.46. The molecule has 20 heavy (non-hydrogen) atoms. The molecule has 4 nitrogen and oxygen atoms in total. The van der Waals surface area contributed by atoms with E-state index in [4.69, 9.17) is 4.74 Å². The van der Waals surface area contributed by atoms with Crippen molar-refractivity contribution in [2.45, 2.75) is 32.2 Å². The summed E-state index contributed by atoms with van der Waals surface area (Å²) in [5.74, 6) is 0.170.